The lowest BCUT2D eigenvalue weighted by Gasteiger charge is -2.03. The van der Waals surface area contributed by atoms with Gasteiger partial charge in [-0.3, -0.25) is 9.59 Å². The molecule has 0 fully saturated rings. The van der Waals surface area contributed by atoms with Crippen molar-refractivity contribution in [2.75, 3.05) is 0 Å². The van der Waals surface area contributed by atoms with E-state index in [2.05, 4.69) is 10.2 Å². The van der Waals surface area contributed by atoms with Gasteiger partial charge in [-0.1, -0.05) is 36.4 Å². The van der Waals surface area contributed by atoms with E-state index in [0.717, 1.165) is 23.7 Å². The predicted octanol–water partition coefficient (Wildman–Crippen LogP) is 5.85. The van der Waals surface area contributed by atoms with E-state index in [1.807, 2.05) is 30.3 Å². The standard InChI is InChI=1S/C20H14N2O2S/c23-14-16-6-4-5-9-19(16)25-20(24)15-10-12-18(13-11-15)22-21-17-7-2-1-3-8-17/h1-14H. The number of thioether (sulfide) groups is 1. The van der Waals surface area contributed by atoms with Crippen LogP contribution in [-0.4, -0.2) is 11.4 Å². The minimum Gasteiger partial charge on any atom is -0.298 e. The molecule has 0 spiro atoms. The second-order valence-corrected chi connectivity index (χ2v) is 6.14. The molecular weight excluding hydrogens is 332 g/mol. The molecule has 0 N–H and O–H groups in total. The summed E-state index contributed by atoms with van der Waals surface area (Å²) in [5, 5.41) is 8.16. The molecule has 5 heteroatoms. The molecule has 122 valence electrons. The summed E-state index contributed by atoms with van der Waals surface area (Å²) in [5.74, 6) is 0. The molecule has 0 saturated heterocycles. The Morgan fingerprint density at radius 2 is 1.36 bits per heavy atom. The first-order chi connectivity index (χ1) is 12.3. The van der Waals surface area contributed by atoms with Crippen molar-refractivity contribution >= 4 is 34.5 Å². The van der Waals surface area contributed by atoms with Crippen LogP contribution in [0.3, 0.4) is 0 Å². The van der Waals surface area contributed by atoms with Crippen molar-refractivity contribution < 1.29 is 9.59 Å². The Hall–Kier alpha value is -3.05. The van der Waals surface area contributed by atoms with Gasteiger partial charge in [-0.05, 0) is 54.2 Å². The van der Waals surface area contributed by atoms with Gasteiger partial charge in [0.25, 0.3) is 0 Å². The molecule has 0 aliphatic carbocycles. The number of hydrogen-bond acceptors (Lipinski definition) is 5. The fourth-order valence-electron chi connectivity index (χ4n) is 2.10. The third-order valence-corrected chi connectivity index (χ3v) is 4.40. The number of carbonyl (C=O) groups is 2. The lowest BCUT2D eigenvalue weighted by Crippen LogP contribution is -1.94. The molecule has 0 unspecified atom stereocenters. The van der Waals surface area contributed by atoms with Gasteiger partial charge in [0.15, 0.2) is 6.29 Å². The van der Waals surface area contributed by atoms with Crippen molar-refractivity contribution in [2.45, 2.75) is 4.90 Å². The minimum absolute atomic E-state index is 0.124. The molecule has 3 aromatic carbocycles. The summed E-state index contributed by atoms with van der Waals surface area (Å²) >= 11 is 1.04. The van der Waals surface area contributed by atoms with Gasteiger partial charge in [0.2, 0.25) is 5.12 Å². The maximum Gasteiger partial charge on any atom is 0.224 e. The van der Waals surface area contributed by atoms with Crippen molar-refractivity contribution in [2.24, 2.45) is 10.2 Å². The highest BCUT2D eigenvalue weighted by molar-refractivity contribution is 8.14. The number of aldehydes is 1. The van der Waals surface area contributed by atoms with E-state index >= 15 is 0 Å². The van der Waals surface area contributed by atoms with Crippen molar-refractivity contribution in [3.05, 3.63) is 90.0 Å². The van der Waals surface area contributed by atoms with Crippen LogP contribution in [0.5, 0.6) is 0 Å². The molecule has 0 saturated carbocycles. The average molecular weight is 346 g/mol. The molecule has 0 radical (unpaired) electrons. The Balaban J connectivity index is 1.70. The van der Waals surface area contributed by atoms with Gasteiger partial charge in [-0.25, -0.2) is 0 Å². The van der Waals surface area contributed by atoms with Gasteiger partial charge in [0.1, 0.15) is 0 Å². The normalized spacial score (nSPS) is 10.7. The smallest absolute Gasteiger partial charge is 0.224 e. The number of rotatable bonds is 5. The van der Waals surface area contributed by atoms with Gasteiger partial charge in [-0.2, -0.15) is 10.2 Å². The number of nitrogens with zero attached hydrogens (tertiary/aromatic N) is 2. The molecule has 0 aromatic heterocycles. The van der Waals surface area contributed by atoms with E-state index < -0.39 is 0 Å². The highest BCUT2D eigenvalue weighted by atomic mass is 32.2. The summed E-state index contributed by atoms with van der Waals surface area (Å²) < 4.78 is 0. The highest BCUT2D eigenvalue weighted by Gasteiger charge is 2.10. The molecule has 0 atom stereocenters. The SMILES string of the molecule is O=Cc1ccccc1SC(=O)c1ccc(N=Nc2ccccc2)cc1. The zero-order valence-corrected chi connectivity index (χ0v) is 14.0. The van der Waals surface area contributed by atoms with E-state index in [0.29, 0.717) is 21.7 Å². The van der Waals surface area contributed by atoms with Gasteiger partial charge >= 0.3 is 0 Å². The summed E-state index contributed by atoms with van der Waals surface area (Å²) in [5.41, 5.74) is 2.49. The molecule has 4 nitrogen and oxygen atoms in total. The van der Waals surface area contributed by atoms with Crippen LogP contribution in [-0.2, 0) is 0 Å². The monoisotopic (exact) mass is 346 g/mol. The second-order valence-electron chi connectivity index (χ2n) is 5.13. The Labute approximate surface area is 149 Å². The van der Waals surface area contributed by atoms with E-state index in [9.17, 15) is 9.59 Å². The third-order valence-electron chi connectivity index (χ3n) is 3.39. The zero-order valence-electron chi connectivity index (χ0n) is 13.2. The molecule has 3 aromatic rings. The van der Waals surface area contributed by atoms with Crippen LogP contribution in [0, 0.1) is 0 Å². The summed E-state index contributed by atoms with van der Waals surface area (Å²) in [6.07, 6.45) is 0.753. The van der Waals surface area contributed by atoms with E-state index in [1.165, 1.54) is 0 Å². The topological polar surface area (TPSA) is 58.9 Å². The van der Waals surface area contributed by atoms with E-state index in [-0.39, 0.29) is 5.12 Å². The quantitative estimate of drug-likeness (QED) is 0.331. The van der Waals surface area contributed by atoms with Gasteiger partial charge in [-0.15, -0.1) is 0 Å². The van der Waals surface area contributed by atoms with Gasteiger partial charge in [0, 0.05) is 16.0 Å². The Morgan fingerprint density at radius 3 is 2.04 bits per heavy atom. The Bertz CT molecular complexity index is 906. The van der Waals surface area contributed by atoms with Crippen LogP contribution in [0.25, 0.3) is 0 Å². The number of carbonyl (C=O) groups excluding carboxylic acids is 2. The van der Waals surface area contributed by atoms with Crippen molar-refractivity contribution in [1.82, 2.24) is 0 Å². The second kappa shape index (κ2) is 8.17. The lowest BCUT2D eigenvalue weighted by molar-refractivity contribution is 0.108. The maximum atomic E-state index is 12.4. The molecular formula is C20H14N2O2S. The van der Waals surface area contributed by atoms with Crippen LogP contribution in [0.4, 0.5) is 11.4 Å². The van der Waals surface area contributed by atoms with Crippen LogP contribution in [0.1, 0.15) is 20.7 Å². The molecule has 0 aliphatic heterocycles. The maximum absolute atomic E-state index is 12.4. The fraction of sp³-hybridized carbons (Fsp3) is 0. The van der Waals surface area contributed by atoms with Crippen LogP contribution < -0.4 is 0 Å². The number of benzene rings is 3. The predicted molar refractivity (Wildman–Crippen MR) is 99.1 cm³/mol. The van der Waals surface area contributed by atoms with Crippen LogP contribution in [0.2, 0.25) is 0 Å². The third kappa shape index (κ3) is 4.49. The molecule has 3 rings (SSSR count). The summed E-state index contributed by atoms with van der Waals surface area (Å²) in [6.45, 7) is 0. The fourth-order valence-corrected chi connectivity index (χ4v) is 2.94. The number of hydrogen-bond donors (Lipinski definition) is 0. The lowest BCUT2D eigenvalue weighted by atomic mass is 10.2. The van der Waals surface area contributed by atoms with Gasteiger partial charge < -0.3 is 0 Å². The van der Waals surface area contributed by atoms with Crippen molar-refractivity contribution in [3.8, 4) is 0 Å². The van der Waals surface area contributed by atoms with Gasteiger partial charge in [0.05, 0.1) is 11.4 Å². The highest BCUT2D eigenvalue weighted by Crippen LogP contribution is 2.26. The number of azo groups is 1. The molecule has 0 bridgehead atoms. The molecule has 0 aliphatic rings. The van der Waals surface area contributed by atoms with Crippen molar-refractivity contribution in [1.29, 1.82) is 0 Å². The largest absolute Gasteiger partial charge is 0.298 e. The van der Waals surface area contributed by atoms with E-state index in [4.69, 9.17) is 0 Å². The Morgan fingerprint density at radius 1 is 0.760 bits per heavy atom. The van der Waals surface area contributed by atoms with Crippen molar-refractivity contribution in [3.63, 3.8) is 0 Å². The van der Waals surface area contributed by atoms with Crippen LogP contribution >= 0.6 is 11.8 Å². The zero-order chi connectivity index (χ0) is 17.5. The summed E-state index contributed by atoms with van der Waals surface area (Å²) in [7, 11) is 0. The van der Waals surface area contributed by atoms with E-state index in [1.54, 1.807) is 48.5 Å². The van der Waals surface area contributed by atoms with Crippen LogP contribution in [0.15, 0.2) is 94.0 Å². The first-order valence-corrected chi connectivity index (χ1v) is 8.41. The average Bonchev–Trinajstić information content (AvgIpc) is 2.68. The molecule has 0 heterocycles. The summed E-state index contributed by atoms with van der Waals surface area (Å²) in [6, 6.07) is 23.3. The first-order valence-electron chi connectivity index (χ1n) is 7.59. The first kappa shape index (κ1) is 16.8. The Kier molecular flexibility index (Phi) is 5.49. The summed E-state index contributed by atoms with van der Waals surface area (Å²) in [4.78, 5) is 24.0. The molecule has 0 amide bonds. The minimum atomic E-state index is -0.124. The molecule has 25 heavy (non-hydrogen) atoms.